The van der Waals surface area contributed by atoms with Crippen molar-refractivity contribution in [1.29, 1.82) is 0 Å². The van der Waals surface area contributed by atoms with Gasteiger partial charge < -0.3 is 10.3 Å². The van der Waals surface area contributed by atoms with Gasteiger partial charge in [-0.25, -0.2) is 4.98 Å². The van der Waals surface area contributed by atoms with Gasteiger partial charge in [0, 0.05) is 5.02 Å². The second-order valence-corrected chi connectivity index (χ2v) is 7.47. The van der Waals surface area contributed by atoms with Crippen LogP contribution < -0.4 is 5.32 Å². The fourth-order valence-electron chi connectivity index (χ4n) is 4.01. The van der Waals surface area contributed by atoms with E-state index in [0.717, 1.165) is 48.1 Å². The molecule has 1 aliphatic carbocycles. The lowest BCUT2D eigenvalue weighted by molar-refractivity contribution is -0.128. The molecule has 26 heavy (non-hydrogen) atoms. The summed E-state index contributed by atoms with van der Waals surface area (Å²) in [4.78, 5) is 21.0. The Labute approximate surface area is 158 Å². The van der Waals surface area contributed by atoms with E-state index >= 15 is 0 Å². The number of carbonyl (C=O) groups excluding carboxylic acids is 1. The van der Waals surface area contributed by atoms with E-state index in [4.69, 9.17) is 11.6 Å². The van der Waals surface area contributed by atoms with E-state index in [1.54, 1.807) is 0 Å². The molecular formula is C21H22ClN3O. The molecule has 2 aromatic carbocycles. The first-order valence-electron chi connectivity index (χ1n) is 9.15. The predicted molar refractivity (Wildman–Crippen MR) is 104 cm³/mol. The van der Waals surface area contributed by atoms with Crippen molar-refractivity contribution in [3.8, 4) is 0 Å². The number of aromatic amines is 1. The maximum absolute atomic E-state index is 13.2. The molecule has 4 rings (SSSR count). The molecule has 0 unspecified atom stereocenters. The van der Waals surface area contributed by atoms with Gasteiger partial charge in [-0.15, -0.1) is 0 Å². The number of aromatic nitrogens is 2. The van der Waals surface area contributed by atoms with Crippen LogP contribution in [0.2, 0.25) is 5.02 Å². The summed E-state index contributed by atoms with van der Waals surface area (Å²) in [5.74, 6) is 0.844. The summed E-state index contributed by atoms with van der Waals surface area (Å²) >= 11 is 6.20. The zero-order chi connectivity index (χ0) is 18.0. The molecule has 4 nitrogen and oxygen atoms in total. The molecule has 3 aromatic rings. The Morgan fingerprint density at radius 1 is 1.12 bits per heavy atom. The SMILES string of the molecule is O=C(NCc1nc2ccccc2[nH]1)C1(c2cccc(Cl)c2)CCCCC1. The van der Waals surface area contributed by atoms with E-state index in [9.17, 15) is 4.79 Å². The third-order valence-electron chi connectivity index (χ3n) is 5.37. The van der Waals surface area contributed by atoms with Crippen molar-refractivity contribution in [2.24, 2.45) is 0 Å². The van der Waals surface area contributed by atoms with Gasteiger partial charge in [0.1, 0.15) is 5.82 Å². The Hall–Kier alpha value is -2.33. The number of benzene rings is 2. The van der Waals surface area contributed by atoms with Crippen LogP contribution in [0.15, 0.2) is 48.5 Å². The summed E-state index contributed by atoms with van der Waals surface area (Å²) < 4.78 is 0. The molecule has 0 atom stereocenters. The van der Waals surface area contributed by atoms with Crippen molar-refractivity contribution in [3.05, 3.63) is 64.9 Å². The highest BCUT2D eigenvalue weighted by atomic mass is 35.5. The first-order chi connectivity index (χ1) is 12.7. The molecule has 1 aliphatic rings. The van der Waals surface area contributed by atoms with Gasteiger partial charge in [0.2, 0.25) is 5.91 Å². The van der Waals surface area contributed by atoms with Crippen LogP contribution in [0.3, 0.4) is 0 Å². The molecule has 0 radical (unpaired) electrons. The molecular weight excluding hydrogens is 346 g/mol. The summed E-state index contributed by atoms with van der Waals surface area (Å²) in [6.07, 6.45) is 5.02. The Bertz CT molecular complexity index is 895. The van der Waals surface area contributed by atoms with Crippen LogP contribution in [0.25, 0.3) is 11.0 Å². The fourth-order valence-corrected chi connectivity index (χ4v) is 4.20. The summed E-state index contributed by atoms with van der Waals surface area (Å²) in [5.41, 5.74) is 2.43. The largest absolute Gasteiger partial charge is 0.348 e. The molecule has 1 heterocycles. The minimum Gasteiger partial charge on any atom is -0.348 e. The van der Waals surface area contributed by atoms with E-state index in [0.29, 0.717) is 11.6 Å². The van der Waals surface area contributed by atoms with Crippen molar-refractivity contribution in [1.82, 2.24) is 15.3 Å². The number of hydrogen-bond acceptors (Lipinski definition) is 2. The molecule has 1 fully saturated rings. The highest BCUT2D eigenvalue weighted by Crippen LogP contribution is 2.40. The van der Waals surface area contributed by atoms with Crippen LogP contribution in [-0.4, -0.2) is 15.9 Å². The Morgan fingerprint density at radius 3 is 2.69 bits per heavy atom. The number of rotatable bonds is 4. The van der Waals surface area contributed by atoms with Gasteiger partial charge in [-0.2, -0.15) is 0 Å². The van der Waals surface area contributed by atoms with Crippen molar-refractivity contribution >= 4 is 28.5 Å². The number of para-hydroxylation sites is 2. The third-order valence-corrected chi connectivity index (χ3v) is 5.61. The number of nitrogens with one attached hydrogen (secondary N) is 2. The molecule has 0 aliphatic heterocycles. The average molecular weight is 368 g/mol. The number of H-pyrrole nitrogens is 1. The van der Waals surface area contributed by atoms with E-state index in [2.05, 4.69) is 15.3 Å². The number of carbonyl (C=O) groups is 1. The topological polar surface area (TPSA) is 57.8 Å². The quantitative estimate of drug-likeness (QED) is 0.700. The van der Waals surface area contributed by atoms with Crippen LogP contribution >= 0.6 is 11.6 Å². The van der Waals surface area contributed by atoms with Crippen LogP contribution in [0.5, 0.6) is 0 Å². The Balaban J connectivity index is 1.56. The minimum absolute atomic E-state index is 0.0694. The lowest BCUT2D eigenvalue weighted by Gasteiger charge is -2.36. The van der Waals surface area contributed by atoms with Crippen molar-refractivity contribution < 1.29 is 4.79 Å². The molecule has 2 N–H and O–H groups in total. The van der Waals surface area contributed by atoms with Crippen molar-refractivity contribution in [2.75, 3.05) is 0 Å². The zero-order valence-corrected chi connectivity index (χ0v) is 15.4. The first kappa shape index (κ1) is 17.1. The van der Waals surface area contributed by atoms with E-state index in [-0.39, 0.29) is 5.91 Å². The standard InChI is InChI=1S/C21H22ClN3O/c22-16-8-6-7-15(13-16)21(11-4-1-5-12-21)20(26)23-14-19-24-17-9-2-3-10-18(17)25-19/h2-3,6-10,13H,1,4-5,11-12,14H2,(H,23,26)(H,24,25). The molecule has 1 aromatic heterocycles. The molecule has 0 bridgehead atoms. The van der Waals surface area contributed by atoms with E-state index < -0.39 is 5.41 Å². The van der Waals surface area contributed by atoms with Gasteiger partial charge in [0.25, 0.3) is 0 Å². The second-order valence-electron chi connectivity index (χ2n) is 7.04. The van der Waals surface area contributed by atoms with Gasteiger partial charge in [0.15, 0.2) is 0 Å². The van der Waals surface area contributed by atoms with Gasteiger partial charge >= 0.3 is 0 Å². The molecule has 1 amide bonds. The third kappa shape index (κ3) is 3.21. The summed E-state index contributed by atoms with van der Waals surface area (Å²) in [6, 6.07) is 15.6. The van der Waals surface area contributed by atoms with E-state index in [1.165, 1.54) is 6.42 Å². The smallest absolute Gasteiger partial charge is 0.231 e. The normalized spacial score (nSPS) is 16.5. The minimum atomic E-state index is -0.491. The van der Waals surface area contributed by atoms with Crippen LogP contribution in [0.4, 0.5) is 0 Å². The number of halogens is 1. The van der Waals surface area contributed by atoms with E-state index in [1.807, 2.05) is 48.5 Å². The fraction of sp³-hybridized carbons (Fsp3) is 0.333. The second kappa shape index (κ2) is 7.12. The zero-order valence-electron chi connectivity index (χ0n) is 14.6. The summed E-state index contributed by atoms with van der Waals surface area (Å²) in [7, 11) is 0. The highest BCUT2D eigenvalue weighted by molar-refractivity contribution is 6.30. The maximum atomic E-state index is 13.2. The predicted octanol–water partition coefficient (Wildman–Crippen LogP) is 4.73. The molecule has 0 spiro atoms. The van der Waals surface area contributed by atoms with Crippen molar-refractivity contribution in [3.63, 3.8) is 0 Å². The Kier molecular flexibility index (Phi) is 4.68. The monoisotopic (exact) mass is 367 g/mol. The lowest BCUT2D eigenvalue weighted by atomic mass is 9.68. The first-order valence-corrected chi connectivity index (χ1v) is 9.53. The van der Waals surface area contributed by atoms with Crippen LogP contribution in [0.1, 0.15) is 43.5 Å². The number of nitrogens with zero attached hydrogens (tertiary/aromatic N) is 1. The van der Waals surface area contributed by atoms with Gasteiger partial charge in [0.05, 0.1) is 23.0 Å². The molecule has 1 saturated carbocycles. The number of fused-ring (bicyclic) bond motifs is 1. The van der Waals surface area contributed by atoms with Gasteiger partial charge in [-0.05, 0) is 42.7 Å². The van der Waals surface area contributed by atoms with Crippen LogP contribution in [0, 0.1) is 0 Å². The molecule has 134 valence electrons. The number of amides is 1. The lowest BCUT2D eigenvalue weighted by Crippen LogP contribution is -2.45. The number of imidazole rings is 1. The average Bonchev–Trinajstić information content (AvgIpc) is 3.09. The number of hydrogen-bond donors (Lipinski definition) is 2. The van der Waals surface area contributed by atoms with Crippen LogP contribution in [-0.2, 0) is 16.8 Å². The molecule has 5 heteroatoms. The summed E-state index contributed by atoms with van der Waals surface area (Å²) in [5, 5.41) is 3.79. The maximum Gasteiger partial charge on any atom is 0.231 e. The summed E-state index contributed by atoms with van der Waals surface area (Å²) in [6.45, 7) is 0.399. The van der Waals surface area contributed by atoms with Gasteiger partial charge in [-0.1, -0.05) is 55.1 Å². The van der Waals surface area contributed by atoms with Gasteiger partial charge in [-0.3, -0.25) is 4.79 Å². The highest BCUT2D eigenvalue weighted by Gasteiger charge is 2.41. The molecule has 0 saturated heterocycles. The van der Waals surface area contributed by atoms with Crippen molar-refractivity contribution in [2.45, 2.75) is 44.1 Å². The Morgan fingerprint density at radius 2 is 1.92 bits per heavy atom.